The fourth-order valence-corrected chi connectivity index (χ4v) is 1.36. The SMILES string of the molecule is C/C=C(/C#N)c1ccc2c(c1)OCO2. The summed E-state index contributed by atoms with van der Waals surface area (Å²) in [7, 11) is 0. The van der Waals surface area contributed by atoms with Gasteiger partial charge >= 0.3 is 0 Å². The highest BCUT2D eigenvalue weighted by Crippen LogP contribution is 2.34. The molecule has 0 N–H and O–H groups in total. The highest BCUT2D eigenvalue weighted by atomic mass is 16.7. The molecule has 0 atom stereocenters. The molecule has 0 aromatic heterocycles. The minimum Gasteiger partial charge on any atom is -0.454 e. The van der Waals surface area contributed by atoms with Gasteiger partial charge in [0, 0.05) is 0 Å². The third kappa shape index (κ3) is 1.31. The van der Waals surface area contributed by atoms with E-state index in [1.165, 1.54) is 0 Å². The zero-order chi connectivity index (χ0) is 9.97. The van der Waals surface area contributed by atoms with Crippen molar-refractivity contribution in [1.82, 2.24) is 0 Å². The molecule has 3 nitrogen and oxygen atoms in total. The van der Waals surface area contributed by atoms with Gasteiger partial charge in [-0.2, -0.15) is 5.26 Å². The first kappa shape index (κ1) is 8.64. The monoisotopic (exact) mass is 187 g/mol. The average Bonchev–Trinajstić information content (AvgIpc) is 2.66. The molecule has 0 saturated carbocycles. The maximum absolute atomic E-state index is 8.84. The summed E-state index contributed by atoms with van der Waals surface area (Å²) in [5.41, 5.74) is 1.50. The van der Waals surface area contributed by atoms with Crippen LogP contribution in [0, 0.1) is 11.3 Å². The molecule has 1 aromatic carbocycles. The predicted octanol–water partition coefficient (Wildman–Crippen LogP) is 2.34. The highest BCUT2D eigenvalue weighted by molar-refractivity contribution is 5.77. The van der Waals surface area contributed by atoms with Gasteiger partial charge in [0.05, 0.1) is 11.6 Å². The summed E-state index contributed by atoms with van der Waals surface area (Å²) < 4.78 is 10.4. The number of nitriles is 1. The van der Waals surface area contributed by atoms with E-state index in [0.29, 0.717) is 11.3 Å². The number of ether oxygens (including phenoxy) is 2. The number of benzene rings is 1. The molecule has 2 rings (SSSR count). The Morgan fingerprint density at radius 3 is 2.93 bits per heavy atom. The first-order valence-corrected chi connectivity index (χ1v) is 4.31. The van der Waals surface area contributed by atoms with Crippen molar-refractivity contribution in [1.29, 1.82) is 5.26 Å². The molecule has 0 fully saturated rings. The minimum absolute atomic E-state index is 0.260. The van der Waals surface area contributed by atoms with Crippen LogP contribution < -0.4 is 9.47 Å². The Balaban J connectivity index is 2.43. The summed E-state index contributed by atoms with van der Waals surface area (Å²) in [6, 6.07) is 7.62. The lowest BCUT2D eigenvalue weighted by atomic mass is 10.1. The lowest BCUT2D eigenvalue weighted by Crippen LogP contribution is -1.92. The normalized spacial score (nSPS) is 13.9. The fourth-order valence-electron chi connectivity index (χ4n) is 1.36. The van der Waals surface area contributed by atoms with Crippen molar-refractivity contribution in [3.8, 4) is 17.6 Å². The third-order valence-electron chi connectivity index (χ3n) is 2.09. The van der Waals surface area contributed by atoms with Crippen LogP contribution in [0.3, 0.4) is 0 Å². The lowest BCUT2D eigenvalue weighted by Gasteiger charge is -2.00. The van der Waals surface area contributed by atoms with Crippen molar-refractivity contribution in [2.24, 2.45) is 0 Å². The van der Waals surface area contributed by atoms with Crippen LogP contribution in [-0.2, 0) is 0 Å². The van der Waals surface area contributed by atoms with Gasteiger partial charge in [0.2, 0.25) is 6.79 Å². The standard InChI is InChI=1S/C11H9NO2/c1-2-8(6-12)9-3-4-10-11(5-9)14-7-13-10/h2-5H,7H2,1H3/b8-2-. The van der Waals surface area contributed by atoms with Gasteiger partial charge in [-0.25, -0.2) is 0 Å². The molecule has 1 aliphatic heterocycles. The van der Waals surface area contributed by atoms with E-state index in [9.17, 15) is 0 Å². The predicted molar refractivity (Wildman–Crippen MR) is 51.8 cm³/mol. The Kier molecular flexibility index (Phi) is 2.11. The van der Waals surface area contributed by atoms with Gasteiger partial charge in [0.1, 0.15) is 0 Å². The molecule has 1 aromatic rings. The third-order valence-corrected chi connectivity index (χ3v) is 2.09. The number of rotatable bonds is 1. The molecule has 1 heterocycles. The van der Waals surface area contributed by atoms with E-state index in [-0.39, 0.29) is 6.79 Å². The molecule has 0 saturated heterocycles. The summed E-state index contributed by atoms with van der Waals surface area (Å²) in [4.78, 5) is 0. The van der Waals surface area contributed by atoms with Gasteiger partial charge in [-0.15, -0.1) is 0 Å². The number of hydrogen-bond donors (Lipinski definition) is 0. The van der Waals surface area contributed by atoms with E-state index in [4.69, 9.17) is 14.7 Å². The molecular weight excluding hydrogens is 178 g/mol. The molecule has 0 unspecified atom stereocenters. The molecule has 0 spiro atoms. The second-order valence-corrected chi connectivity index (χ2v) is 2.88. The quantitative estimate of drug-likeness (QED) is 0.634. The van der Waals surface area contributed by atoms with Crippen LogP contribution in [0.5, 0.6) is 11.5 Å². The minimum atomic E-state index is 0.260. The Labute approximate surface area is 82.2 Å². The summed E-state index contributed by atoms with van der Waals surface area (Å²) in [5.74, 6) is 1.44. The number of hydrogen-bond acceptors (Lipinski definition) is 3. The first-order chi connectivity index (χ1) is 6.85. The topological polar surface area (TPSA) is 42.2 Å². The van der Waals surface area contributed by atoms with Crippen LogP contribution in [0.15, 0.2) is 24.3 Å². The van der Waals surface area contributed by atoms with Crippen LogP contribution >= 0.6 is 0 Å². The van der Waals surface area contributed by atoms with Crippen LogP contribution in [0.25, 0.3) is 5.57 Å². The van der Waals surface area contributed by atoms with E-state index in [2.05, 4.69) is 6.07 Å². The van der Waals surface area contributed by atoms with E-state index in [1.807, 2.05) is 25.1 Å². The van der Waals surface area contributed by atoms with Crippen molar-refractivity contribution < 1.29 is 9.47 Å². The van der Waals surface area contributed by atoms with Gasteiger partial charge in [0.15, 0.2) is 11.5 Å². The summed E-state index contributed by atoms with van der Waals surface area (Å²) in [6.07, 6.45) is 1.78. The van der Waals surface area contributed by atoms with Crippen molar-refractivity contribution in [3.05, 3.63) is 29.8 Å². The molecular formula is C11H9NO2. The van der Waals surface area contributed by atoms with Gasteiger partial charge in [-0.05, 0) is 30.7 Å². The van der Waals surface area contributed by atoms with Crippen LogP contribution in [0.2, 0.25) is 0 Å². The van der Waals surface area contributed by atoms with Crippen molar-refractivity contribution >= 4 is 5.57 Å². The number of allylic oxidation sites excluding steroid dienone is 2. The van der Waals surface area contributed by atoms with E-state index >= 15 is 0 Å². The molecule has 0 amide bonds. The lowest BCUT2D eigenvalue weighted by molar-refractivity contribution is 0.174. The summed E-state index contributed by atoms with van der Waals surface area (Å²) in [5, 5.41) is 8.84. The zero-order valence-electron chi connectivity index (χ0n) is 7.78. The van der Waals surface area contributed by atoms with Gasteiger partial charge in [-0.3, -0.25) is 0 Å². The van der Waals surface area contributed by atoms with Crippen molar-refractivity contribution in [3.63, 3.8) is 0 Å². The van der Waals surface area contributed by atoms with Gasteiger partial charge < -0.3 is 9.47 Å². The summed E-state index contributed by atoms with van der Waals surface area (Å²) >= 11 is 0. The van der Waals surface area contributed by atoms with Gasteiger partial charge in [-0.1, -0.05) is 6.08 Å². The second-order valence-electron chi connectivity index (χ2n) is 2.88. The van der Waals surface area contributed by atoms with Crippen molar-refractivity contribution in [2.45, 2.75) is 6.92 Å². The largest absolute Gasteiger partial charge is 0.454 e. The number of nitrogens with zero attached hydrogens (tertiary/aromatic N) is 1. The van der Waals surface area contributed by atoms with Crippen molar-refractivity contribution in [2.75, 3.05) is 6.79 Å². The molecule has 1 aliphatic rings. The highest BCUT2D eigenvalue weighted by Gasteiger charge is 2.13. The molecule has 0 aliphatic carbocycles. The molecule has 0 radical (unpaired) electrons. The Morgan fingerprint density at radius 1 is 1.43 bits per heavy atom. The molecule has 14 heavy (non-hydrogen) atoms. The summed E-state index contributed by atoms with van der Waals surface area (Å²) in [6.45, 7) is 2.10. The van der Waals surface area contributed by atoms with Crippen LogP contribution in [0.4, 0.5) is 0 Å². The van der Waals surface area contributed by atoms with Gasteiger partial charge in [0.25, 0.3) is 0 Å². The van der Waals surface area contributed by atoms with E-state index in [0.717, 1.165) is 11.3 Å². The van der Waals surface area contributed by atoms with E-state index in [1.54, 1.807) is 6.08 Å². The average molecular weight is 187 g/mol. The fraction of sp³-hybridized carbons (Fsp3) is 0.182. The molecule has 70 valence electrons. The Morgan fingerprint density at radius 2 is 2.21 bits per heavy atom. The van der Waals surface area contributed by atoms with Crippen LogP contribution in [0.1, 0.15) is 12.5 Å². The Bertz CT molecular complexity index is 429. The zero-order valence-corrected chi connectivity index (χ0v) is 7.78. The Hall–Kier alpha value is -1.95. The maximum Gasteiger partial charge on any atom is 0.231 e. The maximum atomic E-state index is 8.84. The number of fused-ring (bicyclic) bond motifs is 1. The molecule has 3 heteroatoms. The van der Waals surface area contributed by atoms with E-state index < -0.39 is 0 Å². The van der Waals surface area contributed by atoms with Crippen LogP contribution in [-0.4, -0.2) is 6.79 Å². The molecule has 0 bridgehead atoms. The first-order valence-electron chi connectivity index (χ1n) is 4.31. The smallest absolute Gasteiger partial charge is 0.231 e. The second kappa shape index (κ2) is 3.43.